The van der Waals surface area contributed by atoms with E-state index in [2.05, 4.69) is 0 Å². The lowest BCUT2D eigenvalue weighted by atomic mass is 9.79. The highest BCUT2D eigenvalue weighted by atomic mass is 19.1. The van der Waals surface area contributed by atoms with Gasteiger partial charge in [0.2, 0.25) is 0 Å². The molecule has 0 aliphatic carbocycles. The molecule has 84 valence electrons. The number of hydrogen-bond acceptors (Lipinski definition) is 3. The average molecular weight is 222 g/mol. The zero-order valence-electron chi connectivity index (χ0n) is 8.70. The molecule has 0 fully saturated rings. The fourth-order valence-corrected chi connectivity index (χ4v) is 1.45. The predicted molar refractivity (Wildman–Crippen MR) is 56.0 cm³/mol. The van der Waals surface area contributed by atoms with Crippen LogP contribution in [0.3, 0.4) is 0 Å². The van der Waals surface area contributed by atoms with E-state index in [9.17, 15) is 9.18 Å². The molecule has 0 heterocycles. The Bertz CT molecular complexity index is 468. The summed E-state index contributed by atoms with van der Waals surface area (Å²) in [5.41, 5.74) is 4.41. The van der Waals surface area contributed by atoms with E-state index in [1.54, 1.807) is 6.07 Å². The highest BCUT2D eigenvalue weighted by molar-refractivity contribution is 5.83. The van der Waals surface area contributed by atoms with Gasteiger partial charge in [-0.05, 0) is 30.7 Å². The van der Waals surface area contributed by atoms with Crippen molar-refractivity contribution in [3.8, 4) is 6.07 Å². The molecule has 0 radical (unpaired) electrons. The van der Waals surface area contributed by atoms with Gasteiger partial charge in [0.15, 0.2) is 0 Å². The molecular weight excluding hydrogens is 211 g/mol. The normalized spacial score (nSPS) is 13.8. The summed E-state index contributed by atoms with van der Waals surface area (Å²) < 4.78 is 13.0. The Labute approximate surface area is 92.1 Å². The molecule has 1 aromatic carbocycles. The van der Waals surface area contributed by atoms with Crippen molar-refractivity contribution in [2.75, 3.05) is 5.73 Å². The maximum atomic E-state index is 13.0. The highest BCUT2D eigenvalue weighted by Crippen LogP contribution is 2.32. The molecule has 1 unspecified atom stereocenters. The van der Waals surface area contributed by atoms with Gasteiger partial charge in [-0.15, -0.1) is 0 Å². The van der Waals surface area contributed by atoms with Crippen molar-refractivity contribution in [1.82, 2.24) is 0 Å². The van der Waals surface area contributed by atoms with E-state index < -0.39 is 17.2 Å². The molecule has 1 atom stereocenters. The van der Waals surface area contributed by atoms with Gasteiger partial charge in [0, 0.05) is 5.69 Å². The fraction of sp³-hybridized carbons (Fsp3) is 0.273. The summed E-state index contributed by atoms with van der Waals surface area (Å²) >= 11 is 0. The molecule has 0 aromatic heterocycles. The maximum absolute atomic E-state index is 13.0. The van der Waals surface area contributed by atoms with Crippen LogP contribution in [0.15, 0.2) is 18.2 Å². The van der Waals surface area contributed by atoms with E-state index in [0.717, 1.165) is 12.1 Å². The quantitative estimate of drug-likeness (QED) is 0.761. The minimum Gasteiger partial charge on any atom is -0.481 e. The molecule has 3 N–H and O–H groups in total. The van der Waals surface area contributed by atoms with Crippen molar-refractivity contribution in [2.24, 2.45) is 0 Å². The van der Waals surface area contributed by atoms with Crippen LogP contribution in [0.1, 0.15) is 18.9 Å². The molecule has 0 saturated carbocycles. The number of carboxylic acids is 1. The minimum atomic E-state index is -1.49. The summed E-state index contributed by atoms with van der Waals surface area (Å²) in [6, 6.07) is 5.27. The van der Waals surface area contributed by atoms with Crippen molar-refractivity contribution in [2.45, 2.75) is 18.8 Å². The lowest BCUT2D eigenvalue weighted by molar-refractivity contribution is -0.143. The van der Waals surface area contributed by atoms with Gasteiger partial charge >= 0.3 is 5.97 Å². The lowest BCUT2D eigenvalue weighted by Gasteiger charge is -2.23. The van der Waals surface area contributed by atoms with Gasteiger partial charge in [0.05, 0.1) is 12.5 Å². The summed E-state index contributed by atoms with van der Waals surface area (Å²) in [6.07, 6.45) is -0.268. The summed E-state index contributed by atoms with van der Waals surface area (Å²) in [7, 11) is 0. The number of benzene rings is 1. The van der Waals surface area contributed by atoms with Crippen molar-refractivity contribution >= 4 is 11.7 Å². The van der Waals surface area contributed by atoms with E-state index in [-0.39, 0.29) is 17.7 Å². The number of nitrogens with two attached hydrogens (primary N) is 1. The molecule has 1 aromatic rings. The number of hydrogen-bond donors (Lipinski definition) is 2. The first kappa shape index (κ1) is 12.0. The van der Waals surface area contributed by atoms with E-state index >= 15 is 0 Å². The molecule has 0 aliphatic rings. The molecule has 0 spiro atoms. The molecule has 4 nitrogen and oxygen atoms in total. The third kappa shape index (κ3) is 1.96. The molecule has 0 amide bonds. The molecule has 16 heavy (non-hydrogen) atoms. The van der Waals surface area contributed by atoms with Gasteiger partial charge < -0.3 is 10.8 Å². The lowest BCUT2D eigenvalue weighted by Crippen LogP contribution is -2.33. The Hall–Kier alpha value is -2.09. The Morgan fingerprint density at radius 2 is 2.31 bits per heavy atom. The number of carboxylic acid groups (broad SMARTS) is 1. The van der Waals surface area contributed by atoms with Crippen LogP contribution in [0, 0.1) is 17.1 Å². The number of nitriles is 1. The smallest absolute Gasteiger partial charge is 0.314 e. The van der Waals surface area contributed by atoms with Crippen molar-refractivity contribution in [1.29, 1.82) is 5.26 Å². The van der Waals surface area contributed by atoms with Gasteiger partial charge in [0.1, 0.15) is 11.2 Å². The molecular formula is C11H11FN2O2. The summed E-state index contributed by atoms with van der Waals surface area (Å²) in [6.45, 7) is 1.35. The van der Waals surface area contributed by atoms with Crippen LogP contribution >= 0.6 is 0 Å². The largest absolute Gasteiger partial charge is 0.481 e. The second-order valence-electron chi connectivity index (χ2n) is 3.70. The summed E-state index contributed by atoms with van der Waals surface area (Å²) in [5.74, 6) is -1.78. The second kappa shape index (κ2) is 4.19. The van der Waals surface area contributed by atoms with E-state index in [1.807, 2.05) is 0 Å². The van der Waals surface area contributed by atoms with Gasteiger partial charge in [-0.2, -0.15) is 5.26 Å². The number of aliphatic carboxylic acids is 1. The Morgan fingerprint density at radius 3 is 2.81 bits per heavy atom. The molecule has 0 saturated heterocycles. The highest BCUT2D eigenvalue weighted by Gasteiger charge is 2.37. The number of rotatable bonds is 3. The third-order valence-electron chi connectivity index (χ3n) is 2.51. The number of nitrogens with zero attached hydrogens (tertiary/aromatic N) is 1. The fourth-order valence-electron chi connectivity index (χ4n) is 1.45. The van der Waals surface area contributed by atoms with Crippen LogP contribution < -0.4 is 5.73 Å². The van der Waals surface area contributed by atoms with Gasteiger partial charge in [-0.1, -0.05) is 0 Å². The first-order valence-electron chi connectivity index (χ1n) is 4.57. The average Bonchev–Trinajstić information content (AvgIpc) is 2.21. The topological polar surface area (TPSA) is 87.1 Å². The Balaban J connectivity index is 3.38. The van der Waals surface area contributed by atoms with Crippen LogP contribution in [0.5, 0.6) is 0 Å². The van der Waals surface area contributed by atoms with Crippen LogP contribution in [-0.2, 0) is 10.2 Å². The summed E-state index contributed by atoms with van der Waals surface area (Å²) in [4.78, 5) is 11.1. The minimum absolute atomic E-state index is 0.126. The zero-order valence-corrected chi connectivity index (χ0v) is 8.70. The van der Waals surface area contributed by atoms with Gasteiger partial charge in [-0.25, -0.2) is 4.39 Å². The van der Waals surface area contributed by atoms with Crippen molar-refractivity contribution in [3.05, 3.63) is 29.6 Å². The van der Waals surface area contributed by atoms with Crippen LogP contribution in [0.2, 0.25) is 0 Å². The molecule has 0 aliphatic heterocycles. The number of anilines is 1. The zero-order chi connectivity index (χ0) is 12.3. The van der Waals surface area contributed by atoms with Gasteiger partial charge in [-0.3, -0.25) is 4.79 Å². The van der Waals surface area contributed by atoms with Crippen molar-refractivity contribution < 1.29 is 14.3 Å². The first-order chi connectivity index (χ1) is 7.41. The SMILES string of the molecule is CC(CC#N)(C(=O)O)c1cc(F)ccc1N. The van der Waals surface area contributed by atoms with Crippen LogP contribution in [0.4, 0.5) is 10.1 Å². The number of halogens is 1. The predicted octanol–water partition coefficient (Wildman–Crippen LogP) is 1.66. The first-order valence-corrected chi connectivity index (χ1v) is 4.57. The Kier molecular flexibility index (Phi) is 3.14. The molecule has 1 rings (SSSR count). The number of carbonyl (C=O) groups is 1. The van der Waals surface area contributed by atoms with E-state index in [4.69, 9.17) is 16.1 Å². The van der Waals surface area contributed by atoms with E-state index in [0.29, 0.717) is 0 Å². The summed E-state index contributed by atoms with van der Waals surface area (Å²) in [5, 5.41) is 17.7. The van der Waals surface area contributed by atoms with Crippen LogP contribution in [0.25, 0.3) is 0 Å². The molecule has 5 heteroatoms. The van der Waals surface area contributed by atoms with Gasteiger partial charge in [0.25, 0.3) is 0 Å². The number of nitrogen functional groups attached to an aromatic ring is 1. The molecule has 0 bridgehead atoms. The standard InChI is InChI=1S/C11H11FN2O2/c1-11(4-5-13,10(15)16)8-6-7(12)2-3-9(8)14/h2-3,6H,4,14H2,1H3,(H,15,16). The third-order valence-corrected chi connectivity index (χ3v) is 2.51. The monoisotopic (exact) mass is 222 g/mol. The van der Waals surface area contributed by atoms with Crippen LogP contribution in [-0.4, -0.2) is 11.1 Å². The maximum Gasteiger partial charge on any atom is 0.314 e. The second-order valence-corrected chi connectivity index (χ2v) is 3.70. The Morgan fingerprint density at radius 1 is 1.69 bits per heavy atom. The van der Waals surface area contributed by atoms with E-state index in [1.165, 1.54) is 13.0 Å². The van der Waals surface area contributed by atoms with Crippen molar-refractivity contribution in [3.63, 3.8) is 0 Å².